The molecule has 0 aromatic heterocycles. The van der Waals surface area contributed by atoms with Crippen LogP contribution in [0.3, 0.4) is 0 Å². The van der Waals surface area contributed by atoms with Crippen LogP contribution in [0.25, 0.3) is 0 Å². The molecular weight excluding hydrogens is 949 g/mol. The van der Waals surface area contributed by atoms with Crippen molar-refractivity contribution in [3.63, 3.8) is 0 Å². The van der Waals surface area contributed by atoms with E-state index in [-0.39, 0.29) is 31.1 Å². The van der Waals surface area contributed by atoms with Crippen molar-refractivity contribution in [2.24, 2.45) is 0 Å². The van der Waals surface area contributed by atoms with Gasteiger partial charge in [0.2, 0.25) is 0 Å². The minimum absolute atomic E-state index is 0.0782. The normalized spacial score (nSPS) is 12.4. The molecule has 0 aromatic carbocycles. The van der Waals surface area contributed by atoms with Crippen molar-refractivity contribution in [1.29, 1.82) is 0 Å². The lowest BCUT2D eigenvalue weighted by Gasteiger charge is -2.18. The van der Waals surface area contributed by atoms with E-state index in [1.807, 2.05) is 0 Å². The van der Waals surface area contributed by atoms with Crippen molar-refractivity contribution in [3.05, 3.63) is 60.8 Å². The molecule has 6 heteroatoms. The molecule has 0 fully saturated rings. The highest BCUT2D eigenvalue weighted by Gasteiger charge is 2.19. The fraction of sp³-hybridized carbons (Fsp3) is 0.817. The number of esters is 3. The van der Waals surface area contributed by atoms with Gasteiger partial charge >= 0.3 is 17.9 Å². The highest BCUT2D eigenvalue weighted by molar-refractivity contribution is 5.71. The Morgan fingerprint density at radius 2 is 0.506 bits per heavy atom. The maximum absolute atomic E-state index is 12.9. The molecule has 0 saturated carbocycles. The first kappa shape index (κ1) is 74.1. The number of hydrogen-bond donors (Lipinski definition) is 0. The minimum atomic E-state index is -0.783. The summed E-state index contributed by atoms with van der Waals surface area (Å²) >= 11 is 0. The van der Waals surface area contributed by atoms with Gasteiger partial charge in [-0.3, -0.25) is 14.4 Å². The van der Waals surface area contributed by atoms with Crippen LogP contribution in [0.15, 0.2) is 60.8 Å². The van der Waals surface area contributed by atoms with E-state index in [1.165, 1.54) is 218 Å². The van der Waals surface area contributed by atoms with Gasteiger partial charge in [-0.05, 0) is 103 Å². The minimum Gasteiger partial charge on any atom is -0.462 e. The zero-order valence-electron chi connectivity index (χ0n) is 51.5. The van der Waals surface area contributed by atoms with E-state index in [1.54, 1.807) is 0 Å². The Balaban J connectivity index is 4.30. The van der Waals surface area contributed by atoms with Crippen molar-refractivity contribution < 1.29 is 28.6 Å². The predicted molar refractivity (Wildman–Crippen MR) is 335 cm³/mol. The Labute approximate surface area is 479 Å². The quantitative estimate of drug-likeness (QED) is 0.0261. The fourth-order valence-corrected chi connectivity index (χ4v) is 9.92. The molecule has 0 aliphatic rings. The van der Waals surface area contributed by atoms with Gasteiger partial charge in [-0.1, -0.05) is 293 Å². The van der Waals surface area contributed by atoms with Crippen LogP contribution in [0.4, 0.5) is 0 Å². The third-order valence-electron chi connectivity index (χ3n) is 15.0. The second kappa shape index (κ2) is 65.6. The molecule has 0 bridgehead atoms. The zero-order valence-corrected chi connectivity index (χ0v) is 51.5. The van der Waals surface area contributed by atoms with Crippen LogP contribution >= 0.6 is 0 Å². The maximum atomic E-state index is 12.9. The molecular formula is C71H128O6. The van der Waals surface area contributed by atoms with Gasteiger partial charge < -0.3 is 14.2 Å². The Hall–Kier alpha value is -2.89. The molecule has 448 valence electrons. The third kappa shape index (κ3) is 63.8. The van der Waals surface area contributed by atoms with Crippen LogP contribution in [-0.4, -0.2) is 37.2 Å². The molecule has 6 nitrogen and oxygen atoms in total. The summed E-state index contributed by atoms with van der Waals surface area (Å²) in [5.41, 5.74) is 0. The highest BCUT2D eigenvalue weighted by atomic mass is 16.6. The molecule has 0 aromatic rings. The maximum Gasteiger partial charge on any atom is 0.306 e. The number of allylic oxidation sites excluding steroid dienone is 10. The van der Waals surface area contributed by atoms with E-state index in [9.17, 15) is 14.4 Å². The van der Waals surface area contributed by atoms with Crippen LogP contribution in [-0.2, 0) is 28.6 Å². The topological polar surface area (TPSA) is 78.9 Å². The average Bonchev–Trinajstić information content (AvgIpc) is 3.43. The van der Waals surface area contributed by atoms with Crippen molar-refractivity contribution >= 4 is 17.9 Å². The third-order valence-corrected chi connectivity index (χ3v) is 15.0. The number of carbonyl (C=O) groups excluding carboxylic acids is 3. The van der Waals surface area contributed by atoms with Crippen molar-refractivity contribution in [2.45, 2.75) is 361 Å². The molecule has 0 aliphatic heterocycles. The Bertz CT molecular complexity index is 1380. The molecule has 0 N–H and O–H groups in total. The molecule has 0 heterocycles. The molecule has 0 saturated heterocycles. The second-order valence-corrected chi connectivity index (χ2v) is 22.7. The summed E-state index contributed by atoms with van der Waals surface area (Å²) in [5.74, 6) is -0.878. The Morgan fingerprint density at radius 3 is 0.805 bits per heavy atom. The number of hydrogen-bond acceptors (Lipinski definition) is 6. The second-order valence-electron chi connectivity index (χ2n) is 22.7. The first-order chi connectivity index (χ1) is 38.0. The predicted octanol–water partition coefficient (Wildman–Crippen LogP) is 23.1. The monoisotopic (exact) mass is 1080 g/mol. The van der Waals surface area contributed by atoms with Crippen LogP contribution < -0.4 is 0 Å². The molecule has 0 amide bonds. The van der Waals surface area contributed by atoms with Gasteiger partial charge in [0, 0.05) is 19.3 Å². The molecule has 77 heavy (non-hydrogen) atoms. The van der Waals surface area contributed by atoms with Crippen LogP contribution in [0, 0.1) is 0 Å². The number of ether oxygens (including phenoxy) is 3. The molecule has 0 aliphatic carbocycles. The summed E-state index contributed by atoms with van der Waals surface area (Å²) in [6, 6.07) is 0. The highest BCUT2D eigenvalue weighted by Crippen LogP contribution is 2.17. The van der Waals surface area contributed by atoms with Crippen LogP contribution in [0.2, 0.25) is 0 Å². The SMILES string of the molecule is CC/C=C\C/C=C\C/C=C\CCCCCCCC(=O)OCC(COC(=O)CCCCCCCCCCCCCCC/C=C\CCCCCCCCCC)OC(=O)CCCCCCCCCCC/C=C\CCCCCCCC. The van der Waals surface area contributed by atoms with E-state index < -0.39 is 6.10 Å². The average molecular weight is 1080 g/mol. The van der Waals surface area contributed by atoms with E-state index in [0.29, 0.717) is 19.3 Å². The number of unbranched alkanes of at least 4 members (excludes halogenated alkanes) is 41. The lowest BCUT2D eigenvalue weighted by Crippen LogP contribution is -2.30. The molecule has 0 spiro atoms. The largest absolute Gasteiger partial charge is 0.462 e. The standard InChI is InChI=1S/C71H128O6/c1-4-7-10-13-16-19-22-25-28-30-32-33-34-35-36-37-39-40-43-46-49-52-55-58-61-64-70(73)76-67-68(66-75-69(72)63-60-57-54-51-48-45-42-27-24-21-18-15-12-9-6-3)77-71(74)65-62-59-56-53-50-47-44-41-38-31-29-26-23-20-17-14-11-8-5-2/h9,12,18,21,26-27,29-30,32,42,68H,4-8,10-11,13-17,19-20,22-25,28,31,33-41,43-67H2,1-3H3/b12-9-,21-18-,29-26-,32-30-,42-27-. The molecule has 0 rings (SSSR count). The number of carbonyl (C=O) groups is 3. The summed E-state index contributed by atoms with van der Waals surface area (Å²) in [5, 5.41) is 0. The first-order valence-electron chi connectivity index (χ1n) is 33.8. The summed E-state index contributed by atoms with van der Waals surface area (Å²) in [4.78, 5) is 38.4. The van der Waals surface area contributed by atoms with Gasteiger partial charge in [0.1, 0.15) is 13.2 Å². The number of rotatable bonds is 62. The molecule has 1 atom stereocenters. The van der Waals surface area contributed by atoms with Crippen LogP contribution in [0.1, 0.15) is 355 Å². The molecule has 1 unspecified atom stereocenters. The van der Waals surface area contributed by atoms with E-state index in [2.05, 4.69) is 81.5 Å². The van der Waals surface area contributed by atoms with Gasteiger partial charge in [0.25, 0.3) is 0 Å². The van der Waals surface area contributed by atoms with E-state index >= 15 is 0 Å². The lowest BCUT2D eigenvalue weighted by molar-refractivity contribution is -0.167. The van der Waals surface area contributed by atoms with Crippen LogP contribution in [0.5, 0.6) is 0 Å². The van der Waals surface area contributed by atoms with E-state index in [0.717, 1.165) is 96.3 Å². The van der Waals surface area contributed by atoms with E-state index in [4.69, 9.17) is 14.2 Å². The summed E-state index contributed by atoms with van der Waals surface area (Å²) in [6.07, 6.45) is 83.8. The molecule has 0 radical (unpaired) electrons. The zero-order chi connectivity index (χ0) is 55.7. The summed E-state index contributed by atoms with van der Waals surface area (Å²) in [6.45, 7) is 6.56. The van der Waals surface area contributed by atoms with Gasteiger partial charge in [-0.15, -0.1) is 0 Å². The van der Waals surface area contributed by atoms with Gasteiger partial charge in [0.05, 0.1) is 0 Å². The first-order valence-corrected chi connectivity index (χ1v) is 33.8. The van der Waals surface area contributed by atoms with Crippen molar-refractivity contribution in [3.8, 4) is 0 Å². The van der Waals surface area contributed by atoms with Gasteiger partial charge in [-0.2, -0.15) is 0 Å². The van der Waals surface area contributed by atoms with Gasteiger partial charge in [-0.25, -0.2) is 0 Å². The Kier molecular flexibility index (Phi) is 63.2. The van der Waals surface area contributed by atoms with Gasteiger partial charge in [0.15, 0.2) is 6.10 Å². The lowest BCUT2D eigenvalue weighted by atomic mass is 10.0. The summed E-state index contributed by atoms with van der Waals surface area (Å²) in [7, 11) is 0. The van der Waals surface area contributed by atoms with Crippen molar-refractivity contribution in [2.75, 3.05) is 13.2 Å². The fourth-order valence-electron chi connectivity index (χ4n) is 9.92. The smallest absolute Gasteiger partial charge is 0.306 e. The van der Waals surface area contributed by atoms with Crippen molar-refractivity contribution in [1.82, 2.24) is 0 Å². The summed E-state index contributed by atoms with van der Waals surface area (Å²) < 4.78 is 17.0. The Morgan fingerprint density at radius 1 is 0.273 bits per heavy atom.